The van der Waals surface area contributed by atoms with E-state index in [1.807, 2.05) is 54.6 Å². The summed E-state index contributed by atoms with van der Waals surface area (Å²) in [6.07, 6.45) is 3.56. The van der Waals surface area contributed by atoms with Crippen LogP contribution in [-0.4, -0.2) is 33.9 Å². The van der Waals surface area contributed by atoms with Gasteiger partial charge >= 0.3 is 5.97 Å². The summed E-state index contributed by atoms with van der Waals surface area (Å²) in [6, 6.07) is 17.7. The second-order valence-corrected chi connectivity index (χ2v) is 8.61. The van der Waals surface area contributed by atoms with Gasteiger partial charge in [0.1, 0.15) is 24.2 Å². The number of rotatable bonds is 8. The molecule has 2 aromatic carbocycles. The van der Waals surface area contributed by atoms with Crippen LogP contribution in [0.25, 0.3) is 5.70 Å². The van der Waals surface area contributed by atoms with Gasteiger partial charge in [-0.3, -0.25) is 4.79 Å². The second-order valence-electron chi connectivity index (χ2n) is 8.61. The highest BCUT2D eigenvalue weighted by Crippen LogP contribution is 2.37. The van der Waals surface area contributed by atoms with E-state index in [1.165, 1.54) is 18.4 Å². The van der Waals surface area contributed by atoms with Crippen LogP contribution in [0.15, 0.2) is 65.3 Å². The molecule has 0 aromatic heterocycles. The number of carboxylic acids is 1. The van der Waals surface area contributed by atoms with E-state index in [-0.39, 0.29) is 11.6 Å². The highest BCUT2D eigenvalue weighted by atomic mass is 16.5. The van der Waals surface area contributed by atoms with Crippen LogP contribution in [0.1, 0.15) is 50.7 Å². The first-order valence-electron chi connectivity index (χ1n) is 11.3. The fraction of sp³-hybridized carbons (Fsp3) is 0.346. The quantitative estimate of drug-likeness (QED) is 0.585. The Balaban J connectivity index is 1.58. The summed E-state index contributed by atoms with van der Waals surface area (Å²) in [4.78, 5) is 24.6. The van der Waals surface area contributed by atoms with Gasteiger partial charge in [0.2, 0.25) is 0 Å². The fourth-order valence-electron chi connectivity index (χ4n) is 4.01. The molecule has 1 unspecified atom stereocenters. The average molecular weight is 448 g/mol. The Hall–Kier alpha value is -3.61. The Morgan fingerprint density at radius 3 is 2.45 bits per heavy atom. The van der Waals surface area contributed by atoms with Crippen molar-refractivity contribution < 1.29 is 19.4 Å². The van der Waals surface area contributed by atoms with E-state index in [1.54, 1.807) is 6.92 Å². The van der Waals surface area contributed by atoms with Crippen LogP contribution in [0.4, 0.5) is 0 Å². The first-order chi connectivity index (χ1) is 15.9. The molecule has 1 heterocycles. The molecule has 1 aliphatic carbocycles. The number of amides is 1. The third-order valence-electron chi connectivity index (χ3n) is 6.16. The van der Waals surface area contributed by atoms with Gasteiger partial charge in [-0.2, -0.15) is 5.10 Å². The molecule has 0 bridgehead atoms. The normalized spacial score (nSPS) is 19.2. The Labute approximate surface area is 193 Å². The van der Waals surface area contributed by atoms with Crippen LogP contribution in [0, 0.1) is 5.92 Å². The molecule has 2 aromatic rings. The molecule has 7 heteroatoms. The summed E-state index contributed by atoms with van der Waals surface area (Å²) in [5, 5.41) is 17.9. The largest absolute Gasteiger partial charge is 0.489 e. The average Bonchev–Trinajstić information content (AvgIpc) is 2.79. The number of hydrogen-bond donors (Lipinski definition) is 2. The van der Waals surface area contributed by atoms with Gasteiger partial charge in [-0.1, -0.05) is 49.6 Å². The Kier molecular flexibility index (Phi) is 6.77. The second kappa shape index (κ2) is 9.90. The van der Waals surface area contributed by atoms with Crippen molar-refractivity contribution in [2.24, 2.45) is 11.0 Å². The monoisotopic (exact) mass is 447 g/mol. The third kappa shape index (κ3) is 5.25. The predicted molar refractivity (Wildman–Crippen MR) is 126 cm³/mol. The van der Waals surface area contributed by atoms with Crippen molar-refractivity contribution in [3.05, 3.63) is 71.3 Å². The number of carboxylic acid groups (broad SMARTS) is 1. The van der Waals surface area contributed by atoms with E-state index in [0.29, 0.717) is 24.5 Å². The minimum atomic E-state index is -1.14. The lowest BCUT2D eigenvalue weighted by Gasteiger charge is -2.36. The lowest BCUT2D eigenvalue weighted by molar-refractivity contribution is -0.131. The number of nitrogens with zero attached hydrogens (tertiary/aromatic N) is 2. The number of benzene rings is 2. The minimum Gasteiger partial charge on any atom is -0.489 e. The van der Waals surface area contributed by atoms with Crippen LogP contribution in [0.3, 0.4) is 0 Å². The summed E-state index contributed by atoms with van der Waals surface area (Å²) in [5.74, 6) is -0.166. The van der Waals surface area contributed by atoms with Gasteiger partial charge in [-0.05, 0) is 61.6 Å². The van der Waals surface area contributed by atoms with Crippen LogP contribution in [-0.2, 0) is 16.2 Å². The molecule has 7 nitrogen and oxygen atoms in total. The molecule has 172 valence electrons. The summed E-state index contributed by atoms with van der Waals surface area (Å²) < 4.78 is 5.89. The molecule has 2 N–H and O–H groups in total. The highest BCUT2D eigenvalue weighted by Gasteiger charge is 2.35. The molecule has 33 heavy (non-hydrogen) atoms. The molecule has 1 saturated carbocycles. The fourth-order valence-corrected chi connectivity index (χ4v) is 4.01. The van der Waals surface area contributed by atoms with Crippen LogP contribution in [0.2, 0.25) is 0 Å². The molecule has 0 spiro atoms. The van der Waals surface area contributed by atoms with Crippen molar-refractivity contribution in [3.63, 3.8) is 0 Å². The summed E-state index contributed by atoms with van der Waals surface area (Å²) in [7, 11) is 0. The maximum Gasteiger partial charge on any atom is 0.351 e. The number of ether oxygens (including phenoxy) is 1. The number of carbonyl (C=O) groups excluding carboxylic acids is 1. The number of hydrazone groups is 1. The first kappa shape index (κ1) is 22.6. The van der Waals surface area contributed by atoms with E-state index in [4.69, 9.17) is 4.74 Å². The zero-order valence-electron chi connectivity index (χ0n) is 19.0. The predicted octanol–water partition coefficient (Wildman–Crippen LogP) is 4.41. The molecule has 0 saturated heterocycles. The zero-order chi connectivity index (χ0) is 23.4. The molecule has 1 amide bonds. The van der Waals surface area contributed by atoms with Gasteiger partial charge in [0.15, 0.2) is 0 Å². The molecule has 1 fully saturated rings. The molecular formula is C26H29N3O4. The van der Waals surface area contributed by atoms with E-state index < -0.39 is 12.1 Å². The highest BCUT2D eigenvalue weighted by molar-refractivity contribution is 6.34. The Morgan fingerprint density at radius 2 is 1.85 bits per heavy atom. The van der Waals surface area contributed by atoms with E-state index in [0.717, 1.165) is 35.4 Å². The molecule has 1 aliphatic heterocycles. The van der Waals surface area contributed by atoms with Crippen LogP contribution >= 0.6 is 0 Å². The van der Waals surface area contributed by atoms with Crippen molar-refractivity contribution in [1.82, 2.24) is 10.3 Å². The third-order valence-corrected chi connectivity index (χ3v) is 6.16. The van der Waals surface area contributed by atoms with Gasteiger partial charge in [0, 0.05) is 5.57 Å². The summed E-state index contributed by atoms with van der Waals surface area (Å²) in [6.45, 7) is 3.68. The molecule has 1 atom stereocenters. The molecule has 2 aliphatic rings. The van der Waals surface area contributed by atoms with Gasteiger partial charge < -0.3 is 15.2 Å². The Morgan fingerprint density at radius 1 is 1.15 bits per heavy atom. The maximum atomic E-state index is 13.4. The Bertz CT molecular complexity index is 1070. The number of nitrogens with one attached hydrogen (secondary N) is 1. The summed E-state index contributed by atoms with van der Waals surface area (Å²) >= 11 is 0. The number of carbonyl (C=O) groups is 2. The maximum absolute atomic E-state index is 13.4. The van der Waals surface area contributed by atoms with Gasteiger partial charge in [0.25, 0.3) is 5.91 Å². The molecule has 4 rings (SSSR count). The van der Waals surface area contributed by atoms with E-state index in [9.17, 15) is 14.7 Å². The smallest absolute Gasteiger partial charge is 0.351 e. The van der Waals surface area contributed by atoms with Gasteiger partial charge in [-0.25, -0.2) is 9.80 Å². The van der Waals surface area contributed by atoms with Gasteiger partial charge in [-0.15, -0.1) is 0 Å². The topological polar surface area (TPSA) is 91.2 Å². The minimum absolute atomic E-state index is 0.122. The number of aliphatic carboxylic acids is 1. The van der Waals surface area contributed by atoms with Crippen molar-refractivity contribution >= 4 is 23.3 Å². The molecular weight excluding hydrogens is 418 g/mol. The lowest BCUT2D eigenvalue weighted by atomic mass is 9.79. The SMILES string of the molecule is C/C(=N\N1C(=O)C(CC2CCC2)=C(c2ccc(OCc3ccccc3)cc2)NC1C)C(=O)O. The van der Waals surface area contributed by atoms with Gasteiger partial charge in [0.05, 0.1) is 5.70 Å². The van der Waals surface area contributed by atoms with Crippen LogP contribution < -0.4 is 10.1 Å². The van der Waals surface area contributed by atoms with Crippen LogP contribution in [0.5, 0.6) is 5.75 Å². The van der Waals surface area contributed by atoms with Crippen molar-refractivity contribution in [2.45, 2.75) is 52.3 Å². The van der Waals surface area contributed by atoms with Crippen molar-refractivity contribution in [1.29, 1.82) is 0 Å². The summed E-state index contributed by atoms with van der Waals surface area (Å²) in [5.41, 5.74) is 3.31. The zero-order valence-corrected chi connectivity index (χ0v) is 19.0. The first-order valence-corrected chi connectivity index (χ1v) is 11.3. The van der Waals surface area contributed by atoms with Crippen molar-refractivity contribution in [2.75, 3.05) is 0 Å². The lowest BCUT2D eigenvalue weighted by Crippen LogP contribution is -2.49. The number of hydrogen-bond acceptors (Lipinski definition) is 5. The van der Waals surface area contributed by atoms with Crippen molar-refractivity contribution in [3.8, 4) is 5.75 Å². The van der Waals surface area contributed by atoms with E-state index >= 15 is 0 Å². The van der Waals surface area contributed by atoms with E-state index in [2.05, 4.69) is 10.4 Å². The molecule has 0 radical (unpaired) electrons. The standard InChI is InChI=1S/C26H29N3O4/c1-17(26(31)32)28-29-18(2)27-24(23(25(29)30)15-19-9-6-10-19)21-11-13-22(14-12-21)33-16-20-7-4-3-5-8-20/h3-5,7-8,11-14,18-19,27H,6,9-10,15-16H2,1-2H3,(H,31,32)/b28-17+.